The Hall–Kier alpha value is -1.86. The lowest BCUT2D eigenvalue weighted by molar-refractivity contribution is 0.289. The number of rotatable bonds is 6. The van der Waals surface area contributed by atoms with Gasteiger partial charge in [-0.3, -0.25) is 0 Å². The Kier molecular flexibility index (Phi) is 10.1. The number of nitrogens with zero attached hydrogens (tertiary/aromatic N) is 2. The molecule has 0 radical (unpaired) electrons. The SMILES string of the molecule is CCN(CCNCCO)C1=Nc2ccccc2SCc2ccccc21.CCO. The number of hydrogen-bond donors (Lipinski definition) is 3. The predicted molar refractivity (Wildman–Crippen MR) is 119 cm³/mol. The molecule has 2 aromatic carbocycles. The minimum absolute atomic E-state index is 0.167. The number of para-hydroxylation sites is 1. The highest BCUT2D eigenvalue weighted by Crippen LogP contribution is 2.35. The first kappa shape index (κ1) is 22.4. The quantitative estimate of drug-likeness (QED) is 0.648. The third kappa shape index (κ3) is 6.34. The van der Waals surface area contributed by atoms with Crippen LogP contribution in [0.15, 0.2) is 58.4 Å². The Morgan fingerprint density at radius 2 is 1.75 bits per heavy atom. The van der Waals surface area contributed by atoms with Gasteiger partial charge in [-0.15, -0.1) is 11.8 Å². The van der Waals surface area contributed by atoms with Gasteiger partial charge in [0.2, 0.25) is 0 Å². The maximum Gasteiger partial charge on any atom is 0.136 e. The van der Waals surface area contributed by atoms with Gasteiger partial charge in [0.15, 0.2) is 0 Å². The monoisotopic (exact) mass is 401 g/mol. The standard InChI is InChI=1S/C20H25N3OS.C2H6O/c1-2-23(13-11-21-12-14-24)20-17-8-4-3-7-16(17)15-25-19-10-6-5-9-18(19)22-20;1-2-3/h3-10,21,24H,2,11-15H2,1H3;3H,2H2,1H3. The zero-order valence-electron chi connectivity index (χ0n) is 16.8. The summed E-state index contributed by atoms with van der Waals surface area (Å²) in [7, 11) is 0. The summed E-state index contributed by atoms with van der Waals surface area (Å²) < 4.78 is 0. The molecule has 0 saturated carbocycles. The molecule has 0 fully saturated rings. The van der Waals surface area contributed by atoms with Crippen molar-refractivity contribution >= 4 is 23.3 Å². The first-order valence-corrected chi connectivity index (χ1v) is 10.8. The van der Waals surface area contributed by atoms with Crippen molar-refractivity contribution in [3.05, 3.63) is 59.7 Å². The van der Waals surface area contributed by atoms with Gasteiger partial charge in [0.05, 0.1) is 12.3 Å². The summed E-state index contributed by atoms with van der Waals surface area (Å²) in [5.74, 6) is 1.99. The number of fused-ring (bicyclic) bond motifs is 2. The minimum Gasteiger partial charge on any atom is -0.397 e. The number of aliphatic hydroxyl groups excluding tert-OH is 2. The first-order valence-electron chi connectivity index (χ1n) is 9.81. The highest BCUT2D eigenvalue weighted by molar-refractivity contribution is 7.98. The molecular weight excluding hydrogens is 370 g/mol. The van der Waals surface area contributed by atoms with E-state index in [1.165, 1.54) is 16.0 Å². The van der Waals surface area contributed by atoms with Crippen LogP contribution in [0.1, 0.15) is 25.0 Å². The molecule has 0 saturated heterocycles. The van der Waals surface area contributed by atoms with Gasteiger partial charge in [0.25, 0.3) is 0 Å². The molecule has 3 N–H and O–H groups in total. The normalized spacial score (nSPS) is 12.5. The summed E-state index contributed by atoms with van der Waals surface area (Å²) in [6.45, 7) is 7.46. The fraction of sp³-hybridized carbons (Fsp3) is 0.409. The Labute approximate surface area is 172 Å². The average molecular weight is 402 g/mol. The van der Waals surface area contributed by atoms with Crippen LogP contribution in [-0.2, 0) is 5.75 Å². The van der Waals surface area contributed by atoms with Crippen molar-refractivity contribution in [3.8, 4) is 0 Å². The van der Waals surface area contributed by atoms with E-state index in [-0.39, 0.29) is 13.2 Å². The highest BCUT2D eigenvalue weighted by atomic mass is 32.2. The summed E-state index contributed by atoms with van der Waals surface area (Å²) in [5, 5.41) is 19.8. The molecule has 0 bridgehead atoms. The third-order valence-electron chi connectivity index (χ3n) is 4.26. The van der Waals surface area contributed by atoms with Crippen LogP contribution in [-0.4, -0.2) is 60.3 Å². The van der Waals surface area contributed by atoms with Crippen molar-refractivity contribution in [1.82, 2.24) is 10.2 Å². The van der Waals surface area contributed by atoms with Crippen LogP contribution in [0.2, 0.25) is 0 Å². The van der Waals surface area contributed by atoms with E-state index in [9.17, 15) is 0 Å². The Balaban J connectivity index is 0.000000878. The maximum atomic E-state index is 8.94. The number of thioether (sulfide) groups is 1. The van der Waals surface area contributed by atoms with Gasteiger partial charge >= 0.3 is 0 Å². The average Bonchev–Trinajstić information content (AvgIpc) is 2.71. The Bertz CT molecular complexity index is 752. The largest absolute Gasteiger partial charge is 0.397 e. The molecule has 5 nitrogen and oxygen atoms in total. The van der Waals surface area contributed by atoms with Crippen LogP contribution in [0.25, 0.3) is 0 Å². The fourth-order valence-electron chi connectivity index (χ4n) is 2.94. The van der Waals surface area contributed by atoms with Crippen LogP contribution in [0.4, 0.5) is 5.69 Å². The van der Waals surface area contributed by atoms with Gasteiger partial charge in [-0.25, -0.2) is 4.99 Å². The van der Waals surface area contributed by atoms with Crippen molar-refractivity contribution in [2.24, 2.45) is 4.99 Å². The van der Waals surface area contributed by atoms with Gasteiger partial charge in [-0.1, -0.05) is 36.4 Å². The molecule has 0 aromatic heterocycles. The van der Waals surface area contributed by atoms with E-state index in [0.717, 1.165) is 36.9 Å². The topological polar surface area (TPSA) is 68.1 Å². The second-order valence-electron chi connectivity index (χ2n) is 6.22. The summed E-state index contributed by atoms with van der Waals surface area (Å²) in [6, 6.07) is 16.9. The van der Waals surface area contributed by atoms with Crippen LogP contribution in [0, 0.1) is 0 Å². The number of benzene rings is 2. The number of hydrogen-bond acceptors (Lipinski definition) is 6. The van der Waals surface area contributed by atoms with Gasteiger partial charge in [-0.2, -0.15) is 0 Å². The lowest BCUT2D eigenvalue weighted by Crippen LogP contribution is -2.38. The summed E-state index contributed by atoms with van der Waals surface area (Å²) in [6.07, 6.45) is 0. The Morgan fingerprint density at radius 1 is 1.04 bits per heavy atom. The van der Waals surface area contributed by atoms with Gasteiger partial charge in [-0.05, 0) is 31.5 Å². The maximum absolute atomic E-state index is 8.94. The zero-order valence-corrected chi connectivity index (χ0v) is 17.6. The van der Waals surface area contributed by atoms with Crippen molar-refractivity contribution in [2.75, 3.05) is 39.4 Å². The molecule has 28 heavy (non-hydrogen) atoms. The molecule has 0 spiro atoms. The fourth-order valence-corrected chi connectivity index (χ4v) is 3.94. The number of nitrogens with one attached hydrogen (secondary N) is 1. The smallest absolute Gasteiger partial charge is 0.136 e. The molecule has 0 atom stereocenters. The van der Waals surface area contributed by atoms with E-state index in [2.05, 4.69) is 59.6 Å². The molecule has 152 valence electrons. The molecule has 0 aliphatic carbocycles. The predicted octanol–water partition coefficient (Wildman–Crippen LogP) is 3.27. The number of amidine groups is 1. The summed E-state index contributed by atoms with van der Waals surface area (Å²) >= 11 is 1.85. The van der Waals surface area contributed by atoms with E-state index in [1.807, 2.05) is 17.8 Å². The molecule has 1 aliphatic rings. The number of aliphatic imine (C=N–C) groups is 1. The molecule has 2 aromatic rings. The molecule has 3 rings (SSSR count). The molecule has 1 aliphatic heterocycles. The molecule has 1 heterocycles. The number of aliphatic hydroxyl groups is 2. The lowest BCUT2D eigenvalue weighted by atomic mass is 10.1. The molecular formula is C22H31N3O2S. The van der Waals surface area contributed by atoms with E-state index >= 15 is 0 Å². The molecule has 6 heteroatoms. The lowest BCUT2D eigenvalue weighted by Gasteiger charge is -2.28. The van der Waals surface area contributed by atoms with Crippen molar-refractivity contribution < 1.29 is 10.2 Å². The van der Waals surface area contributed by atoms with Crippen LogP contribution in [0.5, 0.6) is 0 Å². The van der Waals surface area contributed by atoms with E-state index in [1.54, 1.807) is 6.92 Å². The number of likely N-dealkylation sites (N-methyl/N-ethyl adjacent to an activating group) is 1. The van der Waals surface area contributed by atoms with Crippen molar-refractivity contribution in [1.29, 1.82) is 0 Å². The van der Waals surface area contributed by atoms with Crippen LogP contribution in [0.3, 0.4) is 0 Å². The second kappa shape index (κ2) is 12.6. The van der Waals surface area contributed by atoms with Gasteiger partial charge < -0.3 is 20.4 Å². The molecule has 0 unspecified atom stereocenters. The van der Waals surface area contributed by atoms with Crippen molar-refractivity contribution in [2.45, 2.75) is 24.5 Å². The highest BCUT2D eigenvalue weighted by Gasteiger charge is 2.19. The third-order valence-corrected chi connectivity index (χ3v) is 5.37. The van der Waals surface area contributed by atoms with Gasteiger partial charge in [0.1, 0.15) is 5.84 Å². The molecule has 0 amide bonds. The second-order valence-corrected chi connectivity index (χ2v) is 7.24. The van der Waals surface area contributed by atoms with E-state index < -0.39 is 0 Å². The van der Waals surface area contributed by atoms with Crippen LogP contribution >= 0.6 is 11.8 Å². The Morgan fingerprint density at radius 3 is 2.50 bits per heavy atom. The first-order chi connectivity index (χ1) is 13.7. The van der Waals surface area contributed by atoms with Crippen molar-refractivity contribution in [3.63, 3.8) is 0 Å². The van der Waals surface area contributed by atoms with Gasteiger partial charge in [0, 0.05) is 49.0 Å². The minimum atomic E-state index is 0.167. The summed E-state index contributed by atoms with van der Waals surface area (Å²) in [4.78, 5) is 8.60. The van der Waals surface area contributed by atoms with Crippen LogP contribution < -0.4 is 5.32 Å². The van der Waals surface area contributed by atoms with E-state index in [0.29, 0.717) is 6.54 Å². The summed E-state index contributed by atoms with van der Waals surface area (Å²) in [5.41, 5.74) is 3.58. The zero-order chi connectivity index (χ0) is 20.2. The van der Waals surface area contributed by atoms with E-state index in [4.69, 9.17) is 15.2 Å².